The molecule has 1 aromatic rings. The Bertz CT molecular complexity index is 329. The van der Waals surface area contributed by atoms with Crippen molar-refractivity contribution in [3.63, 3.8) is 0 Å². The van der Waals surface area contributed by atoms with Crippen molar-refractivity contribution in [3.8, 4) is 0 Å². The largest absolute Gasteiger partial charge is 0.481 e. The highest BCUT2D eigenvalue weighted by Gasteiger charge is 2.11. The first-order valence-electron chi connectivity index (χ1n) is 4.44. The number of nitrogens with one attached hydrogen (secondary N) is 1. The van der Waals surface area contributed by atoms with Crippen LogP contribution in [0.2, 0.25) is 0 Å². The molecule has 3 nitrogen and oxygen atoms in total. The topological polar surface area (TPSA) is 49.3 Å². The summed E-state index contributed by atoms with van der Waals surface area (Å²) in [6.07, 6.45) is 0.863. The Kier molecular flexibility index (Phi) is 5.55. The molecule has 5 heteroatoms. The molecule has 1 aromatic carbocycles. The minimum atomic E-state index is -0.777. The number of halogens is 2. The van der Waals surface area contributed by atoms with Gasteiger partial charge >= 0.3 is 5.97 Å². The van der Waals surface area contributed by atoms with Gasteiger partial charge < -0.3 is 5.11 Å². The fourth-order valence-electron chi connectivity index (χ4n) is 1.27. The van der Waals surface area contributed by atoms with Gasteiger partial charge in [0.2, 0.25) is 0 Å². The molecule has 0 aromatic heterocycles. The van der Waals surface area contributed by atoms with E-state index in [1.807, 2.05) is 47.1 Å². The lowest BCUT2D eigenvalue weighted by atomic mass is 10.0. The smallest absolute Gasteiger partial charge is 0.304 e. The highest BCUT2D eigenvalue weighted by Crippen LogP contribution is 2.13. The van der Waals surface area contributed by atoms with Crippen LogP contribution in [0.3, 0.4) is 0 Å². The zero-order valence-corrected chi connectivity index (χ0v) is 11.7. The molecule has 1 atom stereocenters. The van der Waals surface area contributed by atoms with Gasteiger partial charge in [-0.25, -0.2) is 0 Å². The molecule has 0 saturated carbocycles. The van der Waals surface area contributed by atoms with Crippen LogP contribution < -0.4 is 3.53 Å². The number of benzene rings is 1. The van der Waals surface area contributed by atoms with E-state index in [2.05, 4.69) is 19.5 Å². The molecule has 0 saturated heterocycles. The molecule has 0 spiro atoms. The highest BCUT2D eigenvalue weighted by molar-refractivity contribution is 14.1. The molecule has 0 radical (unpaired) electrons. The molecular formula is C10H11BrINO2. The zero-order chi connectivity index (χ0) is 11.3. The van der Waals surface area contributed by atoms with Crippen LogP contribution in [0.1, 0.15) is 12.0 Å². The van der Waals surface area contributed by atoms with E-state index in [1.54, 1.807) is 0 Å². The Labute approximate surface area is 111 Å². The second-order valence-electron chi connectivity index (χ2n) is 3.23. The minimum absolute atomic E-state index is 0.0238. The van der Waals surface area contributed by atoms with Crippen molar-refractivity contribution in [3.05, 3.63) is 34.3 Å². The Morgan fingerprint density at radius 1 is 1.47 bits per heavy atom. The van der Waals surface area contributed by atoms with Crippen LogP contribution in [0.5, 0.6) is 0 Å². The maximum atomic E-state index is 10.6. The third-order valence-electron chi connectivity index (χ3n) is 1.97. The molecule has 0 amide bonds. The lowest BCUT2D eigenvalue weighted by Gasteiger charge is -2.12. The predicted molar refractivity (Wildman–Crippen MR) is 71.0 cm³/mol. The van der Waals surface area contributed by atoms with Gasteiger partial charge in [-0.3, -0.25) is 8.32 Å². The van der Waals surface area contributed by atoms with Crippen molar-refractivity contribution in [2.45, 2.75) is 18.9 Å². The Hall–Kier alpha value is -0.140. The van der Waals surface area contributed by atoms with E-state index in [0.29, 0.717) is 0 Å². The molecule has 1 rings (SSSR count). The third-order valence-corrected chi connectivity index (χ3v) is 3.38. The molecule has 82 valence electrons. The number of rotatable bonds is 5. The van der Waals surface area contributed by atoms with Crippen LogP contribution in [0.4, 0.5) is 0 Å². The molecule has 15 heavy (non-hydrogen) atoms. The van der Waals surface area contributed by atoms with Crippen LogP contribution in [-0.4, -0.2) is 17.1 Å². The van der Waals surface area contributed by atoms with E-state index in [-0.39, 0.29) is 12.5 Å². The first-order valence-corrected chi connectivity index (χ1v) is 6.31. The number of hydrogen-bond donors (Lipinski definition) is 2. The van der Waals surface area contributed by atoms with E-state index >= 15 is 0 Å². The molecule has 0 bridgehead atoms. The fourth-order valence-corrected chi connectivity index (χ4v) is 1.97. The van der Waals surface area contributed by atoms with Crippen molar-refractivity contribution < 1.29 is 9.90 Å². The summed E-state index contributed by atoms with van der Waals surface area (Å²) in [4.78, 5) is 10.6. The van der Waals surface area contributed by atoms with Crippen molar-refractivity contribution in [1.29, 1.82) is 0 Å². The normalized spacial score (nSPS) is 12.4. The van der Waals surface area contributed by atoms with E-state index in [1.165, 1.54) is 0 Å². The third kappa shape index (κ3) is 4.94. The second-order valence-corrected chi connectivity index (χ2v) is 4.77. The Morgan fingerprint density at radius 2 is 2.07 bits per heavy atom. The van der Waals surface area contributed by atoms with Gasteiger partial charge in [-0.05, 0) is 24.1 Å². The Morgan fingerprint density at radius 3 is 2.53 bits per heavy atom. The van der Waals surface area contributed by atoms with Crippen LogP contribution in [-0.2, 0) is 11.2 Å². The summed E-state index contributed by atoms with van der Waals surface area (Å²) in [5.74, 6) is -0.777. The second kappa shape index (κ2) is 6.44. The van der Waals surface area contributed by atoms with E-state index in [4.69, 9.17) is 5.11 Å². The number of aliphatic carboxylic acids is 1. The minimum Gasteiger partial charge on any atom is -0.481 e. The summed E-state index contributed by atoms with van der Waals surface area (Å²) in [5.41, 5.74) is 1.13. The summed E-state index contributed by atoms with van der Waals surface area (Å²) in [7, 11) is 0. The molecular weight excluding hydrogens is 373 g/mol. The lowest BCUT2D eigenvalue weighted by Crippen LogP contribution is -2.26. The number of carboxylic acids is 1. The maximum Gasteiger partial charge on any atom is 0.304 e. The van der Waals surface area contributed by atoms with E-state index in [0.717, 1.165) is 16.5 Å². The van der Waals surface area contributed by atoms with Crippen LogP contribution in [0.15, 0.2) is 28.7 Å². The van der Waals surface area contributed by atoms with Gasteiger partial charge in [0.25, 0.3) is 0 Å². The zero-order valence-electron chi connectivity index (χ0n) is 7.91. The molecule has 0 aliphatic rings. The summed E-state index contributed by atoms with van der Waals surface area (Å²) in [6, 6.07) is 7.88. The Balaban J connectivity index is 2.58. The molecule has 2 N–H and O–H groups in total. The number of carboxylic acid groups (broad SMARTS) is 1. The summed E-state index contributed by atoms with van der Waals surface area (Å²) < 4.78 is 4.00. The van der Waals surface area contributed by atoms with Gasteiger partial charge in [-0.15, -0.1) is 0 Å². The average molecular weight is 384 g/mol. The fraction of sp³-hybridized carbons (Fsp3) is 0.300. The van der Waals surface area contributed by atoms with Gasteiger partial charge in [0.05, 0.1) is 6.42 Å². The van der Waals surface area contributed by atoms with Crippen molar-refractivity contribution in [1.82, 2.24) is 3.53 Å². The van der Waals surface area contributed by atoms with Crippen LogP contribution in [0, 0.1) is 0 Å². The van der Waals surface area contributed by atoms with Gasteiger partial charge in [0, 0.05) is 33.4 Å². The summed E-state index contributed by atoms with van der Waals surface area (Å²) in [5, 5.41) is 8.69. The monoisotopic (exact) mass is 383 g/mol. The van der Waals surface area contributed by atoms with Gasteiger partial charge in [0.15, 0.2) is 0 Å². The SMILES string of the molecule is O=C(O)CC(Cc1ccc(Br)cc1)NI. The van der Waals surface area contributed by atoms with Crippen molar-refractivity contribution >= 4 is 44.8 Å². The molecule has 0 fully saturated rings. The molecule has 1 unspecified atom stereocenters. The van der Waals surface area contributed by atoms with Gasteiger partial charge in [-0.1, -0.05) is 28.1 Å². The number of hydrogen-bond acceptors (Lipinski definition) is 2. The van der Waals surface area contributed by atoms with E-state index < -0.39 is 5.97 Å². The van der Waals surface area contributed by atoms with Crippen molar-refractivity contribution in [2.24, 2.45) is 0 Å². The van der Waals surface area contributed by atoms with Crippen LogP contribution >= 0.6 is 38.8 Å². The molecule has 0 aliphatic carbocycles. The standard InChI is InChI=1S/C10H11BrINO2/c11-8-3-1-7(2-4-8)5-9(13-12)6-10(14)15/h1-4,9,13H,5-6H2,(H,14,15). The summed E-state index contributed by atoms with van der Waals surface area (Å²) >= 11 is 5.35. The van der Waals surface area contributed by atoms with Crippen molar-refractivity contribution in [2.75, 3.05) is 0 Å². The maximum absolute atomic E-state index is 10.6. The first-order chi connectivity index (χ1) is 7.11. The molecule has 0 heterocycles. The highest BCUT2D eigenvalue weighted by atomic mass is 127. The molecule has 0 aliphatic heterocycles. The van der Waals surface area contributed by atoms with Gasteiger partial charge in [-0.2, -0.15) is 0 Å². The predicted octanol–water partition coefficient (Wildman–Crippen LogP) is 2.77. The quantitative estimate of drug-likeness (QED) is 0.607. The van der Waals surface area contributed by atoms with E-state index in [9.17, 15) is 4.79 Å². The average Bonchev–Trinajstić information content (AvgIpc) is 2.19. The van der Waals surface area contributed by atoms with Gasteiger partial charge in [0.1, 0.15) is 0 Å². The summed E-state index contributed by atoms with van der Waals surface area (Å²) in [6.45, 7) is 0. The first kappa shape index (κ1) is 12.9. The lowest BCUT2D eigenvalue weighted by molar-refractivity contribution is -0.137. The number of carbonyl (C=O) groups is 1. The van der Waals surface area contributed by atoms with Crippen LogP contribution in [0.25, 0.3) is 0 Å².